The normalized spacial score (nSPS) is 16.9. The van der Waals surface area contributed by atoms with Gasteiger partial charge in [-0.15, -0.1) is 0 Å². The van der Waals surface area contributed by atoms with Crippen molar-refractivity contribution in [3.05, 3.63) is 42.2 Å². The number of carbonyl (C=O) groups is 2. The third-order valence-electron chi connectivity index (χ3n) is 5.03. The first-order valence-electron chi connectivity index (χ1n) is 9.76. The summed E-state index contributed by atoms with van der Waals surface area (Å²) in [7, 11) is 1.57. The minimum atomic E-state index is -0.0612. The third kappa shape index (κ3) is 4.74. The van der Waals surface area contributed by atoms with Crippen molar-refractivity contribution in [2.45, 2.75) is 33.1 Å². The van der Waals surface area contributed by atoms with Crippen LogP contribution in [0.15, 0.2) is 36.7 Å². The number of Topliss-reactive ketones (excluding diaryl/α,β-unsaturated/α-hetero) is 1. The molecule has 3 heterocycles. The molecule has 1 fully saturated rings. The van der Waals surface area contributed by atoms with Gasteiger partial charge in [-0.05, 0) is 37.0 Å². The number of aromatic nitrogens is 2. The summed E-state index contributed by atoms with van der Waals surface area (Å²) in [6, 6.07) is 7.26. The van der Waals surface area contributed by atoms with Gasteiger partial charge < -0.3 is 9.64 Å². The fourth-order valence-corrected chi connectivity index (χ4v) is 3.52. The van der Waals surface area contributed by atoms with Crippen molar-refractivity contribution in [2.24, 2.45) is 11.8 Å². The van der Waals surface area contributed by atoms with E-state index in [1.165, 1.54) is 0 Å². The fourth-order valence-electron chi connectivity index (χ4n) is 3.52. The van der Waals surface area contributed by atoms with Crippen LogP contribution < -0.4 is 4.74 Å². The number of ketones is 1. The number of rotatable bonds is 6. The van der Waals surface area contributed by atoms with E-state index in [1.807, 2.05) is 12.1 Å². The lowest BCUT2D eigenvalue weighted by Gasteiger charge is -2.32. The Labute approximate surface area is 165 Å². The number of hydrogen-bond acceptors (Lipinski definition) is 5. The summed E-state index contributed by atoms with van der Waals surface area (Å²) >= 11 is 0. The minimum Gasteiger partial charge on any atom is -0.481 e. The highest BCUT2D eigenvalue weighted by Crippen LogP contribution is 2.23. The molecule has 2 aromatic heterocycles. The van der Waals surface area contributed by atoms with Crippen LogP contribution in [-0.2, 0) is 4.79 Å². The van der Waals surface area contributed by atoms with Crippen LogP contribution >= 0.6 is 0 Å². The number of pyridine rings is 2. The average Bonchev–Trinajstić information content (AvgIpc) is 2.73. The predicted octanol–water partition coefficient (Wildman–Crippen LogP) is 3.62. The third-order valence-corrected chi connectivity index (χ3v) is 5.03. The molecule has 0 aliphatic carbocycles. The zero-order valence-corrected chi connectivity index (χ0v) is 16.7. The van der Waals surface area contributed by atoms with E-state index >= 15 is 0 Å². The quantitative estimate of drug-likeness (QED) is 0.764. The van der Waals surface area contributed by atoms with Gasteiger partial charge in [-0.1, -0.05) is 13.8 Å². The van der Waals surface area contributed by atoms with E-state index in [0.29, 0.717) is 36.9 Å². The van der Waals surface area contributed by atoms with Gasteiger partial charge in [0.2, 0.25) is 5.88 Å². The molecule has 1 aliphatic rings. The molecule has 148 valence electrons. The average molecular weight is 381 g/mol. The summed E-state index contributed by atoms with van der Waals surface area (Å²) < 4.78 is 5.06. The predicted molar refractivity (Wildman–Crippen MR) is 107 cm³/mol. The van der Waals surface area contributed by atoms with Crippen LogP contribution in [0.4, 0.5) is 0 Å². The Morgan fingerprint density at radius 3 is 2.61 bits per heavy atom. The largest absolute Gasteiger partial charge is 0.481 e. The number of carbonyl (C=O) groups excluding carboxylic acids is 2. The van der Waals surface area contributed by atoms with Crippen LogP contribution in [0.3, 0.4) is 0 Å². The summed E-state index contributed by atoms with van der Waals surface area (Å²) in [6.07, 6.45) is 5.61. The van der Waals surface area contributed by atoms with Crippen molar-refractivity contribution in [1.82, 2.24) is 14.9 Å². The highest BCUT2D eigenvalue weighted by atomic mass is 16.5. The second-order valence-electron chi connectivity index (χ2n) is 7.68. The molecular weight excluding hydrogens is 354 g/mol. The number of hydrogen-bond donors (Lipinski definition) is 0. The summed E-state index contributed by atoms with van der Waals surface area (Å²) in [4.78, 5) is 35.7. The SMILES string of the molecule is COc1ccc(-c2ccc(C(=O)N3CCC[C@H](C(=O)CC(C)C)C3)cn2)cn1. The Morgan fingerprint density at radius 1 is 1.18 bits per heavy atom. The van der Waals surface area contributed by atoms with Gasteiger partial charge in [-0.2, -0.15) is 0 Å². The molecular formula is C22H27N3O3. The Balaban J connectivity index is 1.67. The van der Waals surface area contributed by atoms with E-state index in [2.05, 4.69) is 23.8 Å². The second-order valence-corrected chi connectivity index (χ2v) is 7.68. The highest BCUT2D eigenvalue weighted by Gasteiger charge is 2.29. The molecule has 28 heavy (non-hydrogen) atoms. The summed E-state index contributed by atoms with van der Waals surface area (Å²) in [5.74, 6) is 1.06. The standard InChI is InChI=1S/C22H27N3O3/c1-15(2)11-20(26)18-5-4-10-25(14-18)22(27)17-6-8-19(23-13-17)16-7-9-21(28-3)24-12-16/h6-9,12-13,15,18H,4-5,10-11,14H2,1-3H3/t18-/m0/s1. The lowest BCUT2D eigenvalue weighted by atomic mass is 9.89. The zero-order chi connectivity index (χ0) is 20.1. The van der Waals surface area contributed by atoms with Crippen molar-refractivity contribution in [1.29, 1.82) is 0 Å². The monoisotopic (exact) mass is 381 g/mol. The topological polar surface area (TPSA) is 72.4 Å². The molecule has 0 aromatic carbocycles. The van der Waals surface area contributed by atoms with E-state index in [9.17, 15) is 9.59 Å². The number of methoxy groups -OCH3 is 1. The van der Waals surface area contributed by atoms with Gasteiger partial charge in [-0.25, -0.2) is 4.98 Å². The molecule has 0 spiro atoms. The molecule has 3 rings (SSSR count). The number of nitrogens with zero attached hydrogens (tertiary/aromatic N) is 3. The van der Waals surface area contributed by atoms with Crippen LogP contribution in [0.25, 0.3) is 11.3 Å². The summed E-state index contributed by atoms with van der Waals surface area (Å²) in [5, 5.41) is 0. The molecule has 1 atom stereocenters. The van der Waals surface area contributed by atoms with Gasteiger partial charge in [0.1, 0.15) is 5.78 Å². The van der Waals surface area contributed by atoms with Crippen LogP contribution in [0, 0.1) is 11.8 Å². The van der Waals surface area contributed by atoms with Crippen molar-refractivity contribution < 1.29 is 14.3 Å². The van der Waals surface area contributed by atoms with Crippen molar-refractivity contribution >= 4 is 11.7 Å². The molecule has 1 amide bonds. The van der Waals surface area contributed by atoms with Crippen molar-refractivity contribution in [2.75, 3.05) is 20.2 Å². The van der Waals surface area contributed by atoms with E-state index in [1.54, 1.807) is 36.5 Å². The first-order chi connectivity index (χ1) is 13.5. The Bertz CT molecular complexity index is 816. The molecule has 0 unspecified atom stereocenters. The van der Waals surface area contributed by atoms with Gasteiger partial charge in [0.25, 0.3) is 5.91 Å². The summed E-state index contributed by atoms with van der Waals surface area (Å²) in [5.41, 5.74) is 2.15. The molecule has 1 saturated heterocycles. The van der Waals surface area contributed by atoms with Crippen molar-refractivity contribution in [3.63, 3.8) is 0 Å². The highest BCUT2D eigenvalue weighted by molar-refractivity contribution is 5.94. The van der Waals surface area contributed by atoms with Crippen molar-refractivity contribution in [3.8, 4) is 17.1 Å². The molecule has 0 N–H and O–H groups in total. The van der Waals surface area contributed by atoms with Gasteiger partial charge in [-0.3, -0.25) is 14.6 Å². The smallest absolute Gasteiger partial charge is 0.255 e. The lowest BCUT2D eigenvalue weighted by Crippen LogP contribution is -2.42. The van der Waals surface area contributed by atoms with Gasteiger partial charge >= 0.3 is 0 Å². The first-order valence-corrected chi connectivity index (χ1v) is 9.76. The number of amides is 1. The molecule has 0 radical (unpaired) electrons. The van der Waals surface area contributed by atoms with E-state index in [-0.39, 0.29) is 17.6 Å². The van der Waals surface area contributed by atoms with E-state index in [0.717, 1.165) is 24.1 Å². The molecule has 6 nitrogen and oxygen atoms in total. The maximum absolute atomic E-state index is 12.9. The molecule has 6 heteroatoms. The maximum atomic E-state index is 12.9. The van der Waals surface area contributed by atoms with Gasteiger partial charge in [0, 0.05) is 49.5 Å². The molecule has 2 aromatic rings. The maximum Gasteiger partial charge on any atom is 0.255 e. The van der Waals surface area contributed by atoms with Gasteiger partial charge in [0.05, 0.1) is 18.4 Å². The minimum absolute atomic E-state index is 0.0438. The van der Waals surface area contributed by atoms with Crippen LogP contribution in [0.2, 0.25) is 0 Å². The second kappa shape index (κ2) is 8.95. The van der Waals surface area contributed by atoms with Crippen LogP contribution in [0.1, 0.15) is 43.5 Å². The summed E-state index contributed by atoms with van der Waals surface area (Å²) in [6.45, 7) is 5.30. The molecule has 0 bridgehead atoms. The van der Waals surface area contributed by atoms with Gasteiger partial charge in [0.15, 0.2) is 0 Å². The molecule has 1 aliphatic heterocycles. The Morgan fingerprint density at radius 2 is 2.00 bits per heavy atom. The number of piperidine rings is 1. The Hall–Kier alpha value is -2.76. The zero-order valence-electron chi connectivity index (χ0n) is 16.7. The van der Waals surface area contributed by atoms with E-state index < -0.39 is 0 Å². The fraction of sp³-hybridized carbons (Fsp3) is 0.455. The Kier molecular flexibility index (Phi) is 6.39. The number of likely N-dealkylation sites (tertiary alicyclic amines) is 1. The van der Waals surface area contributed by atoms with Crippen LogP contribution in [-0.4, -0.2) is 46.8 Å². The lowest BCUT2D eigenvalue weighted by molar-refractivity contribution is -0.124. The van der Waals surface area contributed by atoms with Crippen LogP contribution in [0.5, 0.6) is 5.88 Å². The first kappa shape index (κ1) is 20.0. The molecule has 0 saturated carbocycles. The number of ether oxygens (including phenoxy) is 1. The van der Waals surface area contributed by atoms with E-state index in [4.69, 9.17) is 4.74 Å².